The second-order valence-electron chi connectivity index (χ2n) is 2.58. The van der Waals surface area contributed by atoms with Crippen LogP contribution in [0.1, 0.15) is 6.92 Å². The van der Waals surface area contributed by atoms with Gasteiger partial charge in [-0.2, -0.15) is 0 Å². The Hall–Kier alpha value is -1.18. The van der Waals surface area contributed by atoms with E-state index in [1.54, 1.807) is 0 Å². The fourth-order valence-corrected chi connectivity index (χ4v) is 1.10. The molecule has 1 aliphatic heterocycles. The monoisotopic (exact) mass is 150 g/mol. The molecule has 0 aliphatic carbocycles. The highest BCUT2D eigenvalue weighted by atomic mass is 15.3. The molecule has 0 unspecified atom stereocenters. The quantitative estimate of drug-likeness (QED) is 0.553. The van der Waals surface area contributed by atoms with Crippen LogP contribution in [0.4, 0.5) is 0 Å². The number of allylic oxidation sites excluding steroid dienone is 2. The number of rotatable bonds is 2. The van der Waals surface area contributed by atoms with E-state index < -0.39 is 0 Å². The average molecular weight is 150 g/mol. The van der Waals surface area contributed by atoms with Gasteiger partial charge in [0.05, 0.1) is 6.67 Å². The minimum absolute atomic E-state index is 0.922. The summed E-state index contributed by atoms with van der Waals surface area (Å²) in [5.41, 5.74) is 1.16. The van der Waals surface area contributed by atoms with Gasteiger partial charge in [0, 0.05) is 25.1 Å². The topological polar surface area (TPSA) is 6.48 Å². The highest BCUT2D eigenvalue weighted by molar-refractivity contribution is 5.18. The number of nitrogens with zero attached hydrogens (tertiary/aromatic N) is 2. The lowest BCUT2D eigenvalue weighted by Crippen LogP contribution is -2.20. The predicted molar refractivity (Wildman–Crippen MR) is 47.6 cm³/mol. The van der Waals surface area contributed by atoms with E-state index in [0.29, 0.717) is 0 Å². The highest BCUT2D eigenvalue weighted by Crippen LogP contribution is 2.12. The van der Waals surface area contributed by atoms with Crippen LogP contribution in [0.3, 0.4) is 0 Å². The van der Waals surface area contributed by atoms with Crippen molar-refractivity contribution in [1.82, 2.24) is 9.80 Å². The molecule has 0 fully saturated rings. The van der Waals surface area contributed by atoms with Gasteiger partial charge in [-0.15, -0.1) is 0 Å². The lowest BCUT2D eigenvalue weighted by Gasteiger charge is -2.18. The molecule has 0 radical (unpaired) electrons. The fourth-order valence-electron chi connectivity index (χ4n) is 1.10. The van der Waals surface area contributed by atoms with Crippen molar-refractivity contribution in [2.45, 2.75) is 6.92 Å². The Morgan fingerprint density at radius 1 is 1.55 bits per heavy atom. The second-order valence-corrected chi connectivity index (χ2v) is 2.58. The molecule has 1 aliphatic rings. The van der Waals surface area contributed by atoms with Crippen molar-refractivity contribution in [2.24, 2.45) is 0 Å². The van der Waals surface area contributed by atoms with Crippen LogP contribution in [0.25, 0.3) is 0 Å². The maximum Gasteiger partial charge on any atom is 0.0938 e. The van der Waals surface area contributed by atoms with Crippen LogP contribution in [0.2, 0.25) is 0 Å². The van der Waals surface area contributed by atoms with E-state index in [-0.39, 0.29) is 0 Å². The molecule has 0 aromatic carbocycles. The molecule has 60 valence electrons. The van der Waals surface area contributed by atoms with Crippen LogP contribution < -0.4 is 0 Å². The first kappa shape index (κ1) is 7.92. The number of hydrogen-bond acceptors (Lipinski definition) is 2. The van der Waals surface area contributed by atoms with E-state index >= 15 is 0 Å². The largest absolute Gasteiger partial charge is 0.361 e. The zero-order valence-corrected chi connectivity index (χ0v) is 7.12. The van der Waals surface area contributed by atoms with Crippen LogP contribution in [0.15, 0.2) is 36.8 Å². The summed E-state index contributed by atoms with van der Waals surface area (Å²) in [4.78, 5) is 4.26. The van der Waals surface area contributed by atoms with Crippen molar-refractivity contribution in [2.75, 3.05) is 13.7 Å². The molecule has 2 nitrogen and oxygen atoms in total. The van der Waals surface area contributed by atoms with Crippen molar-refractivity contribution in [1.29, 1.82) is 0 Å². The third-order valence-electron chi connectivity index (χ3n) is 1.71. The Balaban J connectivity index is 2.63. The Bertz CT molecular complexity index is 204. The molecular formula is C9H14N2. The van der Waals surface area contributed by atoms with Crippen molar-refractivity contribution in [3.05, 3.63) is 36.8 Å². The first-order valence-electron chi connectivity index (χ1n) is 3.72. The third-order valence-corrected chi connectivity index (χ3v) is 1.71. The molecule has 0 bridgehead atoms. The Morgan fingerprint density at radius 3 is 2.64 bits per heavy atom. The van der Waals surface area contributed by atoms with Crippen LogP contribution >= 0.6 is 0 Å². The van der Waals surface area contributed by atoms with Gasteiger partial charge in [0.2, 0.25) is 0 Å². The first-order valence-corrected chi connectivity index (χ1v) is 3.72. The molecule has 2 heteroatoms. The average Bonchev–Trinajstić information content (AvgIpc) is 2.39. The summed E-state index contributed by atoms with van der Waals surface area (Å²) in [6, 6.07) is 0. The predicted octanol–water partition coefficient (Wildman–Crippen LogP) is 1.75. The molecule has 0 N–H and O–H groups in total. The minimum Gasteiger partial charge on any atom is -0.361 e. The fraction of sp³-hybridized carbons (Fsp3) is 0.333. The summed E-state index contributed by atoms with van der Waals surface area (Å²) < 4.78 is 0. The summed E-state index contributed by atoms with van der Waals surface area (Å²) in [6.45, 7) is 6.68. The maximum absolute atomic E-state index is 3.74. The van der Waals surface area contributed by atoms with E-state index in [1.165, 1.54) is 0 Å². The molecule has 1 heterocycles. The van der Waals surface area contributed by atoms with Gasteiger partial charge in [-0.25, -0.2) is 0 Å². The van der Waals surface area contributed by atoms with Gasteiger partial charge in [-0.1, -0.05) is 12.7 Å². The first-order chi connectivity index (χ1) is 5.27. The molecule has 0 saturated heterocycles. The Morgan fingerprint density at radius 2 is 2.27 bits per heavy atom. The zero-order chi connectivity index (χ0) is 8.27. The molecular weight excluding hydrogens is 136 g/mol. The van der Waals surface area contributed by atoms with Crippen molar-refractivity contribution in [3.8, 4) is 0 Å². The van der Waals surface area contributed by atoms with E-state index in [0.717, 1.165) is 12.4 Å². The standard InChI is InChI=1S/C9H14N2/c1-4-9(5-2)11-7-6-10(3)8-11/h4-7H,1,8H2,2-3H3/b9-5+. The van der Waals surface area contributed by atoms with Gasteiger partial charge in [0.15, 0.2) is 0 Å². The van der Waals surface area contributed by atoms with E-state index in [2.05, 4.69) is 28.7 Å². The zero-order valence-electron chi connectivity index (χ0n) is 7.12. The molecule has 0 aromatic heterocycles. The summed E-state index contributed by atoms with van der Waals surface area (Å²) in [5.74, 6) is 0. The smallest absolute Gasteiger partial charge is 0.0938 e. The van der Waals surface area contributed by atoms with Crippen LogP contribution in [0, 0.1) is 0 Å². The van der Waals surface area contributed by atoms with Gasteiger partial charge in [-0.05, 0) is 13.0 Å². The van der Waals surface area contributed by atoms with Gasteiger partial charge >= 0.3 is 0 Å². The SMILES string of the molecule is C=C/C(=C\C)N1C=CN(C)C1. The normalized spacial score (nSPS) is 17.8. The van der Waals surface area contributed by atoms with Gasteiger partial charge in [-0.3, -0.25) is 0 Å². The van der Waals surface area contributed by atoms with E-state index in [1.807, 2.05) is 26.2 Å². The molecule has 0 spiro atoms. The molecule has 1 rings (SSSR count). The molecule has 0 aromatic rings. The summed E-state index contributed by atoms with van der Waals surface area (Å²) in [7, 11) is 2.05. The van der Waals surface area contributed by atoms with E-state index in [4.69, 9.17) is 0 Å². The Labute approximate surface area is 68.1 Å². The Kier molecular flexibility index (Phi) is 2.36. The number of hydrogen-bond donors (Lipinski definition) is 0. The lowest BCUT2D eigenvalue weighted by molar-refractivity contribution is 0.351. The maximum atomic E-state index is 3.74. The van der Waals surface area contributed by atoms with E-state index in [9.17, 15) is 0 Å². The molecule has 0 saturated carbocycles. The van der Waals surface area contributed by atoms with Crippen molar-refractivity contribution < 1.29 is 0 Å². The molecule has 0 amide bonds. The summed E-state index contributed by atoms with van der Waals surface area (Å²) >= 11 is 0. The minimum atomic E-state index is 0.922. The van der Waals surface area contributed by atoms with Gasteiger partial charge in [0.25, 0.3) is 0 Å². The lowest BCUT2D eigenvalue weighted by atomic mass is 10.4. The van der Waals surface area contributed by atoms with Crippen molar-refractivity contribution >= 4 is 0 Å². The van der Waals surface area contributed by atoms with Crippen LogP contribution in [-0.4, -0.2) is 23.5 Å². The van der Waals surface area contributed by atoms with Crippen LogP contribution in [-0.2, 0) is 0 Å². The van der Waals surface area contributed by atoms with Gasteiger partial charge in [0.1, 0.15) is 0 Å². The summed E-state index contributed by atoms with van der Waals surface area (Å²) in [5, 5.41) is 0. The second kappa shape index (κ2) is 3.28. The molecule has 0 atom stereocenters. The van der Waals surface area contributed by atoms with Crippen molar-refractivity contribution in [3.63, 3.8) is 0 Å². The third kappa shape index (κ3) is 1.64. The summed E-state index contributed by atoms with van der Waals surface area (Å²) in [6.07, 6.45) is 8.02. The van der Waals surface area contributed by atoms with Gasteiger partial charge < -0.3 is 9.80 Å². The molecule has 11 heavy (non-hydrogen) atoms. The highest BCUT2D eigenvalue weighted by Gasteiger charge is 2.08. The van der Waals surface area contributed by atoms with Crippen LogP contribution in [0.5, 0.6) is 0 Å².